The second-order valence-electron chi connectivity index (χ2n) is 7.09. The fraction of sp³-hybridized carbons (Fsp3) is 0.348. The van der Waals surface area contributed by atoms with Crippen LogP contribution in [0.4, 0.5) is 0 Å². The Morgan fingerprint density at radius 1 is 1.16 bits per heavy atom. The van der Waals surface area contributed by atoms with Gasteiger partial charge < -0.3 is 9.47 Å². The zero-order chi connectivity index (χ0) is 21.8. The van der Waals surface area contributed by atoms with Crippen LogP contribution in [0.15, 0.2) is 52.6 Å². The number of hydrogen-bond donors (Lipinski definition) is 1. The minimum absolute atomic E-state index is 0.179. The number of para-hydroxylation sites is 2. The third kappa shape index (κ3) is 4.12. The smallest absolute Gasteiger partial charge is 0.276 e. The Balaban J connectivity index is 1.87. The highest BCUT2D eigenvalue weighted by atomic mass is 32.2. The Morgan fingerprint density at radius 2 is 2.00 bits per heavy atom. The monoisotopic (exact) mass is 438 g/mol. The van der Waals surface area contributed by atoms with Gasteiger partial charge in [0, 0.05) is 16.5 Å². The van der Waals surface area contributed by atoms with E-state index in [2.05, 4.69) is 12.2 Å². The summed E-state index contributed by atoms with van der Waals surface area (Å²) in [5.74, 6) is 1.95. The number of rotatable bonds is 7. The molecule has 2 aliphatic rings. The molecule has 31 heavy (non-hydrogen) atoms. The van der Waals surface area contributed by atoms with Gasteiger partial charge in [0.1, 0.15) is 5.70 Å². The SMILES string of the molecule is CCCCSC1=NN2C(=c3ccccc3=N[C@@H]2c2cccc(OCC)c2OC)C(=O)N1. The van der Waals surface area contributed by atoms with Gasteiger partial charge in [-0.05, 0) is 25.5 Å². The molecule has 1 amide bonds. The van der Waals surface area contributed by atoms with E-state index >= 15 is 0 Å². The predicted octanol–water partition coefficient (Wildman–Crippen LogP) is 2.77. The predicted molar refractivity (Wildman–Crippen MR) is 122 cm³/mol. The van der Waals surface area contributed by atoms with E-state index < -0.39 is 6.17 Å². The third-order valence-electron chi connectivity index (χ3n) is 5.04. The molecule has 7 nitrogen and oxygen atoms in total. The molecule has 0 aliphatic carbocycles. The number of ether oxygens (including phenoxy) is 2. The Kier molecular flexibility index (Phi) is 6.46. The van der Waals surface area contributed by atoms with Crippen LogP contribution >= 0.6 is 11.8 Å². The molecule has 1 atom stereocenters. The largest absolute Gasteiger partial charge is 0.492 e. The Hall–Kier alpha value is -3.00. The maximum absolute atomic E-state index is 13.2. The van der Waals surface area contributed by atoms with Gasteiger partial charge in [-0.3, -0.25) is 15.1 Å². The fourth-order valence-electron chi connectivity index (χ4n) is 3.63. The molecule has 2 aromatic carbocycles. The van der Waals surface area contributed by atoms with Gasteiger partial charge in [0.25, 0.3) is 5.91 Å². The molecule has 0 aromatic heterocycles. The minimum Gasteiger partial charge on any atom is -0.492 e. The summed E-state index contributed by atoms with van der Waals surface area (Å²) in [6.07, 6.45) is 1.59. The number of nitrogens with one attached hydrogen (secondary N) is 1. The molecule has 1 N–H and O–H groups in total. The van der Waals surface area contributed by atoms with E-state index in [4.69, 9.17) is 19.6 Å². The highest BCUT2D eigenvalue weighted by Crippen LogP contribution is 2.40. The van der Waals surface area contributed by atoms with E-state index in [1.807, 2.05) is 49.4 Å². The fourth-order valence-corrected chi connectivity index (χ4v) is 4.57. The van der Waals surface area contributed by atoms with Gasteiger partial charge in [0.2, 0.25) is 0 Å². The molecule has 0 bridgehead atoms. The van der Waals surface area contributed by atoms with Crippen molar-refractivity contribution in [1.29, 1.82) is 0 Å². The van der Waals surface area contributed by atoms with Crippen LogP contribution in [0.25, 0.3) is 5.70 Å². The van der Waals surface area contributed by atoms with Crippen molar-refractivity contribution in [2.45, 2.75) is 32.9 Å². The summed E-state index contributed by atoms with van der Waals surface area (Å²) in [5.41, 5.74) is 1.27. The van der Waals surface area contributed by atoms with Crippen LogP contribution in [0.3, 0.4) is 0 Å². The second kappa shape index (κ2) is 9.43. The number of methoxy groups -OCH3 is 1. The first-order chi connectivity index (χ1) is 15.2. The topological polar surface area (TPSA) is 75.5 Å². The average molecular weight is 439 g/mol. The lowest BCUT2D eigenvalue weighted by Crippen LogP contribution is -2.50. The highest BCUT2D eigenvalue weighted by molar-refractivity contribution is 8.13. The molecule has 0 unspecified atom stereocenters. The number of carbonyl (C=O) groups is 1. The normalized spacial score (nSPS) is 17.2. The number of nitrogens with zero attached hydrogens (tertiary/aromatic N) is 3. The summed E-state index contributed by atoms with van der Waals surface area (Å²) >= 11 is 1.55. The molecule has 2 aliphatic heterocycles. The van der Waals surface area contributed by atoms with E-state index in [0.29, 0.717) is 29.0 Å². The lowest BCUT2D eigenvalue weighted by atomic mass is 10.1. The van der Waals surface area contributed by atoms with Gasteiger partial charge in [0.05, 0.1) is 19.1 Å². The highest BCUT2D eigenvalue weighted by Gasteiger charge is 2.36. The lowest BCUT2D eigenvalue weighted by Gasteiger charge is -2.34. The van der Waals surface area contributed by atoms with Gasteiger partial charge in [-0.15, -0.1) is 5.10 Å². The number of unbranched alkanes of at least 4 members (excludes halogenated alkanes) is 1. The standard InChI is InChI=1S/C23H26N4O3S/c1-4-6-14-31-23-25-22(28)19-15-10-7-8-12-17(15)24-21(27(19)26-23)16-11-9-13-18(30-5-2)20(16)29-3/h7-13,21H,4-6,14H2,1-3H3,(H,25,26,28)/t21-/m0/s1. The number of benzene rings is 2. The summed E-state index contributed by atoms with van der Waals surface area (Å²) in [4.78, 5) is 18.1. The molecule has 0 spiro atoms. The van der Waals surface area contributed by atoms with Crippen molar-refractivity contribution in [3.8, 4) is 11.5 Å². The molecule has 0 saturated carbocycles. The van der Waals surface area contributed by atoms with Crippen LogP contribution in [0.5, 0.6) is 11.5 Å². The molecule has 4 rings (SSSR count). The molecular weight excluding hydrogens is 412 g/mol. The van der Waals surface area contributed by atoms with Gasteiger partial charge >= 0.3 is 0 Å². The first-order valence-electron chi connectivity index (χ1n) is 10.5. The van der Waals surface area contributed by atoms with Gasteiger partial charge in [-0.2, -0.15) is 0 Å². The number of amides is 1. The van der Waals surface area contributed by atoms with Crippen LogP contribution in [0.1, 0.15) is 38.4 Å². The van der Waals surface area contributed by atoms with E-state index in [0.717, 1.165) is 34.7 Å². The number of hydrogen-bond acceptors (Lipinski definition) is 7. The Labute approximate surface area is 185 Å². The molecule has 8 heteroatoms. The van der Waals surface area contributed by atoms with Crippen molar-refractivity contribution in [2.75, 3.05) is 19.5 Å². The number of carbonyl (C=O) groups excluding carboxylic acids is 1. The molecule has 0 radical (unpaired) electrons. The van der Waals surface area contributed by atoms with Crippen molar-refractivity contribution >= 4 is 28.5 Å². The molecule has 162 valence electrons. The number of amidine groups is 1. The Bertz CT molecular complexity index is 1130. The Morgan fingerprint density at radius 3 is 2.77 bits per heavy atom. The first kappa shape index (κ1) is 21.2. The summed E-state index contributed by atoms with van der Waals surface area (Å²) < 4.78 is 11.5. The van der Waals surface area contributed by atoms with Crippen LogP contribution < -0.4 is 25.4 Å². The van der Waals surface area contributed by atoms with E-state index in [-0.39, 0.29) is 5.91 Å². The van der Waals surface area contributed by atoms with Crippen LogP contribution in [-0.2, 0) is 4.79 Å². The lowest BCUT2D eigenvalue weighted by molar-refractivity contribution is -0.116. The van der Waals surface area contributed by atoms with E-state index in [1.165, 1.54) is 0 Å². The molecule has 0 saturated heterocycles. The molecule has 0 fully saturated rings. The zero-order valence-corrected chi connectivity index (χ0v) is 18.7. The van der Waals surface area contributed by atoms with Gasteiger partial charge in [0.15, 0.2) is 22.8 Å². The number of fused-ring (bicyclic) bond motifs is 2. The zero-order valence-electron chi connectivity index (χ0n) is 17.9. The summed E-state index contributed by atoms with van der Waals surface area (Å²) in [6, 6.07) is 13.3. The van der Waals surface area contributed by atoms with Crippen LogP contribution in [0, 0.1) is 0 Å². The van der Waals surface area contributed by atoms with Crippen molar-refractivity contribution < 1.29 is 14.3 Å². The van der Waals surface area contributed by atoms with Crippen LogP contribution in [-0.4, -0.2) is 35.6 Å². The van der Waals surface area contributed by atoms with Crippen molar-refractivity contribution in [2.24, 2.45) is 10.1 Å². The van der Waals surface area contributed by atoms with Crippen molar-refractivity contribution in [3.05, 3.63) is 58.6 Å². The van der Waals surface area contributed by atoms with Crippen molar-refractivity contribution in [1.82, 2.24) is 10.3 Å². The summed E-state index contributed by atoms with van der Waals surface area (Å²) in [7, 11) is 1.61. The first-order valence-corrected chi connectivity index (χ1v) is 11.4. The summed E-state index contributed by atoms with van der Waals surface area (Å²) in [6.45, 7) is 4.59. The van der Waals surface area contributed by atoms with Gasteiger partial charge in [-0.1, -0.05) is 55.4 Å². The maximum atomic E-state index is 13.2. The van der Waals surface area contributed by atoms with Crippen LogP contribution in [0.2, 0.25) is 0 Å². The second-order valence-corrected chi connectivity index (χ2v) is 8.17. The summed E-state index contributed by atoms with van der Waals surface area (Å²) in [5, 5.41) is 11.5. The number of thioether (sulfide) groups is 1. The molecule has 2 heterocycles. The minimum atomic E-state index is -0.548. The van der Waals surface area contributed by atoms with Gasteiger partial charge in [-0.25, -0.2) is 5.01 Å². The maximum Gasteiger partial charge on any atom is 0.276 e. The number of hydrazone groups is 1. The third-order valence-corrected chi connectivity index (χ3v) is 5.99. The van der Waals surface area contributed by atoms with Crippen molar-refractivity contribution in [3.63, 3.8) is 0 Å². The average Bonchev–Trinajstić information content (AvgIpc) is 2.78. The van der Waals surface area contributed by atoms with E-state index in [9.17, 15) is 4.79 Å². The quantitative estimate of drug-likeness (QED) is 0.673. The molecule has 2 aromatic rings. The van der Waals surface area contributed by atoms with E-state index in [1.54, 1.807) is 23.9 Å². The molecular formula is C23H26N4O3S.